The summed E-state index contributed by atoms with van der Waals surface area (Å²) in [5, 5.41) is 10.7. The SMILES string of the molecule is Cc1cccc(COC=O)c1[N+](=O)[O-]. The zero-order chi connectivity index (χ0) is 10.6. The zero-order valence-electron chi connectivity index (χ0n) is 7.60. The van der Waals surface area contributed by atoms with Crippen molar-refractivity contribution >= 4 is 12.2 Å². The molecule has 0 aliphatic heterocycles. The molecule has 0 N–H and O–H groups in total. The summed E-state index contributed by atoms with van der Waals surface area (Å²) in [6.07, 6.45) is 0. The van der Waals surface area contributed by atoms with Crippen LogP contribution in [0, 0.1) is 17.0 Å². The van der Waals surface area contributed by atoms with Crippen LogP contribution in [0.3, 0.4) is 0 Å². The average Bonchev–Trinajstić information content (AvgIpc) is 2.14. The Labute approximate surface area is 80.5 Å². The van der Waals surface area contributed by atoms with E-state index in [-0.39, 0.29) is 18.8 Å². The molecule has 0 spiro atoms. The summed E-state index contributed by atoms with van der Waals surface area (Å²) in [6, 6.07) is 4.89. The first-order valence-electron chi connectivity index (χ1n) is 3.95. The van der Waals surface area contributed by atoms with E-state index in [1.165, 1.54) is 0 Å². The van der Waals surface area contributed by atoms with Crippen LogP contribution in [-0.4, -0.2) is 11.4 Å². The second-order valence-electron chi connectivity index (χ2n) is 2.75. The first-order valence-corrected chi connectivity index (χ1v) is 3.95. The number of benzene rings is 1. The first kappa shape index (κ1) is 10.2. The number of carbonyl (C=O) groups excluding carboxylic acids is 1. The van der Waals surface area contributed by atoms with Crippen LogP contribution >= 0.6 is 0 Å². The smallest absolute Gasteiger partial charge is 0.293 e. The van der Waals surface area contributed by atoms with Crippen LogP contribution in [-0.2, 0) is 16.1 Å². The lowest BCUT2D eigenvalue weighted by Crippen LogP contribution is -1.99. The highest BCUT2D eigenvalue weighted by atomic mass is 16.6. The normalized spacial score (nSPS) is 9.50. The van der Waals surface area contributed by atoms with Gasteiger partial charge in [0.25, 0.3) is 12.2 Å². The standard InChI is InChI=1S/C9H9NO4/c1-7-3-2-4-8(5-14-6-11)9(7)10(12)13/h2-4,6H,5H2,1H3. The summed E-state index contributed by atoms with van der Waals surface area (Å²) >= 11 is 0. The van der Waals surface area contributed by atoms with E-state index in [0.29, 0.717) is 11.1 Å². The molecule has 0 aliphatic rings. The number of nitro benzene ring substituents is 1. The first-order chi connectivity index (χ1) is 6.66. The molecule has 1 aromatic rings. The number of para-hydroxylation sites is 1. The van der Waals surface area contributed by atoms with Crippen molar-refractivity contribution in [3.8, 4) is 0 Å². The largest absolute Gasteiger partial charge is 0.463 e. The molecule has 5 heteroatoms. The van der Waals surface area contributed by atoms with Crippen molar-refractivity contribution in [3.05, 3.63) is 39.4 Å². The molecule has 0 heterocycles. The predicted octanol–water partition coefficient (Wildman–Crippen LogP) is 1.58. The topological polar surface area (TPSA) is 69.4 Å². The number of aryl methyl sites for hydroxylation is 1. The van der Waals surface area contributed by atoms with Crippen LogP contribution in [0.25, 0.3) is 0 Å². The molecule has 0 saturated heterocycles. The van der Waals surface area contributed by atoms with Gasteiger partial charge in [-0.3, -0.25) is 14.9 Å². The number of carbonyl (C=O) groups is 1. The van der Waals surface area contributed by atoms with E-state index in [1.807, 2.05) is 0 Å². The molecule has 1 rings (SSSR count). The molecule has 0 aromatic heterocycles. The number of rotatable bonds is 4. The predicted molar refractivity (Wildman–Crippen MR) is 48.7 cm³/mol. The summed E-state index contributed by atoms with van der Waals surface area (Å²) in [4.78, 5) is 20.1. The van der Waals surface area contributed by atoms with Crippen LogP contribution in [0.2, 0.25) is 0 Å². The van der Waals surface area contributed by atoms with Gasteiger partial charge in [0, 0.05) is 5.56 Å². The fourth-order valence-corrected chi connectivity index (χ4v) is 1.22. The van der Waals surface area contributed by atoms with Crippen molar-refractivity contribution in [2.75, 3.05) is 0 Å². The molecule has 14 heavy (non-hydrogen) atoms. The molecule has 5 nitrogen and oxygen atoms in total. The zero-order valence-corrected chi connectivity index (χ0v) is 7.60. The van der Waals surface area contributed by atoms with E-state index >= 15 is 0 Å². The Kier molecular flexibility index (Phi) is 3.17. The minimum Gasteiger partial charge on any atom is -0.463 e. The highest BCUT2D eigenvalue weighted by Gasteiger charge is 2.16. The molecule has 0 bridgehead atoms. The maximum atomic E-state index is 10.7. The molecule has 74 valence electrons. The number of nitrogens with zero attached hydrogens (tertiary/aromatic N) is 1. The fraction of sp³-hybridized carbons (Fsp3) is 0.222. The summed E-state index contributed by atoms with van der Waals surface area (Å²) in [5.74, 6) is 0. The molecular formula is C9H9NO4. The molecule has 0 unspecified atom stereocenters. The van der Waals surface area contributed by atoms with Gasteiger partial charge in [0.15, 0.2) is 0 Å². The van der Waals surface area contributed by atoms with E-state index in [0.717, 1.165) is 0 Å². The number of hydrogen-bond donors (Lipinski definition) is 0. The summed E-state index contributed by atoms with van der Waals surface area (Å²) in [6.45, 7) is 1.84. The molecule has 0 atom stereocenters. The molecule has 0 amide bonds. The second-order valence-corrected chi connectivity index (χ2v) is 2.75. The molecule has 0 fully saturated rings. The van der Waals surface area contributed by atoms with Crippen LogP contribution in [0.1, 0.15) is 11.1 Å². The molecule has 0 saturated carbocycles. The van der Waals surface area contributed by atoms with E-state index in [4.69, 9.17) is 0 Å². The minimum atomic E-state index is -0.473. The van der Waals surface area contributed by atoms with Gasteiger partial charge in [0.2, 0.25) is 0 Å². The maximum absolute atomic E-state index is 10.7. The molecule has 0 aliphatic carbocycles. The van der Waals surface area contributed by atoms with Gasteiger partial charge < -0.3 is 4.74 Å². The Morgan fingerprint density at radius 3 is 2.86 bits per heavy atom. The fourth-order valence-electron chi connectivity index (χ4n) is 1.22. The second kappa shape index (κ2) is 4.36. The third-order valence-electron chi connectivity index (χ3n) is 1.81. The van der Waals surface area contributed by atoms with E-state index < -0.39 is 4.92 Å². The summed E-state index contributed by atoms with van der Waals surface area (Å²) in [5.41, 5.74) is 0.971. The van der Waals surface area contributed by atoms with Gasteiger partial charge in [-0.15, -0.1) is 0 Å². The molecule has 1 aromatic carbocycles. The maximum Gasteiger partial charge on any atom is 0.293 e. The highest BCUT2D eigenvalue weighted by Crippen LogP contribution is 2.23. The third-order valence-corrected chi connectivity index (χ3v) is 1.81. The molecule has 0 radical (unpaired) electrons. The average molecular weight is 195 g/mol. The van der Waals surface area contributed by atoms with E-state index in [9.17, 15) is 14.9 Å². The Bertz CT molecular complexity index is 362. The van der Waals surface area contributed by atoms with Gasteiger partial charge in [0.1, 0.15) is 6.61 Å². The minimum absolute atomic E-state index is 0.00866. The lowest BCUT2D eigenvalue weighted by Gasteiger charge is -2.03. The van der Waals surface area contributed by atoms with Crippen LogP contribution < -0.4 is 0 Å². The van der Waals surface area contributed by atoms with E-state index in [2.05, 4.69) is 4.74 Å². The number of nitro groups is 1. The van der Waals surface area contributed by atoms with Crippen molar-refractivity contribution in [1.29, 1.82) is 0 Å². The van der Waals surface area contributed by atoms with Crippen LogP contribution in [0.4, 0.5) is 5.69 Å². The van der Waals surface area contributed by atoms with Gasteiger partial charge in [-0.2, -0.15) is 0 Å². The Hall–Kier alpha value is -1.91. The Morgan fingerprint density at radius 2 is 2.29 bits per heavy atom. The van der Waals surface area contributed by atoms with Gasteiger partial charge >= 0.3 is 0 Å². The van der Waals surface area contributed by atoms with Crippen molar-refractivity contribution in [1.82, 2.24) is 0 Å². The van der Waals surface area contributed by atoms with Crippen LogP contribution in [0.15, 0.2) is 18.2 Å². The summed E-state index contributed by atoms with van der Waals surface area (Å²) < 4.78 is 4.48. The lowest BCUT2D eigenvalue weighted by molar-refractivity contribution is -0.386. The molecular weight excluding hydrogens is 186 g/mol. The Morgan fingerprint density at radius 1 is 1.57 bits per heavy atom. The van der Waals surface area contributed by atoms with Crippen LogP contribution in [0.5, 0.6) is 0 Å². The highest BCUT2D eigenvalue weighted by molar-refractivity contribution is 5.47. The van der Waals surface area contributed by atoms with Crippen molar-refractivity contribution < 1.29 is 14.5 Å². The van der Waals surface area contributed by atoms with Crippen molar-refractivity contribution in [2.24, 2.45) is 0 Å². The number of ether oxygens (including phenoxy) is 1. The van der Waals surface area contributed by atoms with Gasteiger partial charge in [-0.25, -0.2) is 0 Å². The monoisotopic (exact) mass is 195 g/mol. The van der Waals surface area contributed by atoms with Gasteiger partial charge in [-0.1, -0.05) is 12.1 Å². The van der Waals surface area contributed by atoms with Crippen molar-refractivity contribution in [2.45, 2.75) is 13.5 Å². The van der Waals surface area contributed by atoms with Gasteiger partial charge in [-0.05, 0) is 13.0 Å². The quantitative estimate of drug-likeness (QED) is 0.415. The van der Waals surface area contributed by atoms with E-state index in [1.54, 1.807) is 25.1 Å². The van der Waals surface area contributed by atoms with Gasteiger partial charge in [0.05, 0.1) is 10.5 Å². The van der Waals surface area contributed by atoms with Crippen molar-refractivity contribution in [3.63, 3.8) is 0 Å². The Balaban J connectivity index is 3.07. The third kappa shape index (κ3) is 2.07. The lowest BCUT2D eigenvalue weighted by atomic mass is 10.1. The summed E-state index contributed by atoms with van der Waals surface area (Å²) in [7, 11) is 0. The number of hydrogen-bond acceptors (Lipinski definition) is 4.